The molecule has 1 N–H and O–H groups in total. The predicted molar refractivity (Wildman–Crippen MR) is 77.1 cm³/mol. The fourth-order valence-electron chi connectivity index (χ4n) is 2.58. The van der Waals surface area contributed by atoms with E-state index in [-0.39, 0.29) is 6.04 Å². The van der Waals surface area contributed by atoms with Crippen LogP contribution in [0.3, 0.4) is 0 Å². The van der Waals surface area contributed by atoms with E-state index < -0.39 is 0 Å². The minimum absolute atomic E-state index is 0.245. The van der Waals surface area contributed by atoms with Gasteiger partial charge in [0, 0.05) is 12.6 Å². The van der Waals surface area contributed by atoms with Crippen molar-refractivity contribution in [2.75, 3.05) is 13.2 Å². The molecule has 1 unspecified atom stereocenters. The summed E-state index contributed by atoms with van der Waals surface area (Å²) in [5.41, 5.74) is 2.61. The molecule has 1 aliphatic rings. The molecule has 19 heavy (non-hydrogen) atoms. The first-order valence-electron chi connectivity index (χ1n) is 6.87. The first-order chi connectivity index (χ1) is 9.43. The Bertz CT molecular complexity index is 452. The molecule has 2 aromatic rings. The van der Waals surface area contributed by atoms with E-state index in [1.165, 1.54) is 11.1 Å². The molecule has 1 saturated heterocycles. The molecule has 2 nitrogen and oxygen atoms in total. The summed E-state index contributed by atoms with van der Waals surface area (Å²) < 4.78 is 5.47. The van der Waals surface area contributed by atoms with Gasteiger partial charge in [-0.25, -0.2) is 0 Å². The van der Waals surface area contributed by atoms with E-state index in [0.717, 1.165) is 19.6 Å². The average molecular weight is 253 g/mol. The summed E-state index contributed by atoms with van der Waals surface area (Å²) in [4.78, 5) is 0. The van der Waals surface area contributed by atoms with Gasteiger partial charge in [-0.2, -0.15) is 0 Å². The highest BCUT2D eigenvalue weighted by atomic mass is 16.5. The molecule has 0 spiro atoms. The third kappa shape index (κ3) is 3.03. The van der Waals surface area contributed by atoms with Gasteiger partial charge < -0.3 is 10.1 Å². The molecule has 0 bridgehead atoms. The first kappa shape index (κ1) is 12.4. The van der Waals surface area contributed by atoms with E-state index in [1.54, 1.807) is 0 Å². The lowest BCUT2D eigenvalue weighted by molar-refractivity contribution is 0.189. The summed E-state index contributed by atoms with van der Waals surface area (Å²) in [6.45, 7) is 1.68. The Morgan fingerprint density at radius 2 is 1.47 bits per heavy atom. The summed E-state index contributed by atoms with van der Waals surface area (Å²) in [5, 5.41) is 3.72. The number of hydrogen-bond donors (Lipinski definition) is 1. The SMILES string of the molecule is c1ccc(C(NC2CCOC2)c2ccccc2)cc1. The van der Waals surface area contributed by atoms with Crippen LogP contribution in [0.25, 0.3) is 0 Å². The van der Waals surface area contributed by atoms with Crippen LogP contribution in [-0.4, -0.2) is 19.3 Å². The van der Waals surface area contributed by atoms with Crippen molar-refractivity contribution in [3.63, 3.8) is 0 Å². The van der Waals surface area contributed by atoms with Crippen molar-refractivity contribution < 1.29 is 4.74 Å². The molecule has 1 aliphatic heterocycles. The van der Waals surface area contributed by atoms with Crippen molar-refractivity contribution in [1.29, 1.82) is 0 Å². The second-order valence-electron chi connectivity index (χ2n) is 4.98. The summed E-state index contributed by atoms with van der Waals surface area (Å²) in [6, 6.07) is 21.9. The quantitative estimate of drug-likeness (QED) is 0.903. The Morgan fingerprint density at radius 1 is 0.895 bits per heavy atom. The molecule has 98 valence electrons. The number of nitrogens with one attached hydrogen (secondary N) is 1. The van der Waals surface area contributed by atoms with Gasteiger partial charge >= 0.3 is 0 Å². The van der Waals surface area contributed by atoms with Crippen molar-refractivity contribution in [1.82, 2.24) is 5.32 Å². The smallest absolute Gasteiger partial charge is 0.0620 e. The van der Waals surface area contributed by atoms with E-state index in [4.69, 9.17) is 4.74 Å². The highest BCUT2D eigenvalue weighted by molar-refractivity contribution is 5.31. The highest BCUT2D eigenvalue weighted by Gasteiger charge is 2.21. The summed E-state index contributed by atoms with van der Waals surface area (Å²) in [7, 11) is 0. The van der Waals surface area contributed by atoms with Gasteiger partial charge in [0.1, 0.15) is 0 Å². The normalized spacial score (nSPS) is 18.9. The molecular weight excluding hydrogens is 234 g/mol. The van der Waals surface area contributed by atoms with E-state index in [0.29, 0.717) is 6.04 Å². The first-order valence-corrected chi connectivity index (χ1v) is 6.87. The molecule has 0 amide bonds. The molecule has 2 heteroatoms. The lowest BCUT2D eigenvalue weighted by Crippen LogP contribution is -2.33. The standard InChI is InChI=1S/C17H19NO/c1-3-7-14(8-4-1)17(15-9-5-2-6-10-15)18-16-11-12-19-13-16/h1-10,16-18H,11-13H2. The van der Waals surface area contributed by atoms with E-state index in [1.807, 2.05) is 0 Å². The number of hydrogen-bond acceptors (Lipinski definition) is 2. The van der Waals surface area contributed by atoms with E-state index >= 15 is 0 Å². The fourth-order valence-corrected chi connectivity index (χ4v) is 2.58. The Hall–Kier alpha value is -1.64. The van der Waals surface area contributed by atoms with Crippen LogP contribution >= 0.6 is 0 Å². The molecule has 0 aromatic heterocycles. The molecular formula is C17H19NO. The Labute approximate surface area is 114 Å². The zero-order valence-electron chi connectivity index (χ0n) is 11.0. The van der Waals surface area contributed by atoms with Crippen molar-refractivity contribution in [2.24, 2.45) is 0 Å². The van der Waals surface area contributed by atoms with Gasteiger partial charge in [0.05, 0.1) is 12.6 Å². The molecule has 1 fully saturated rings. The molecule has 1 heterocycles. The van der Waals surface area contributed by atoms with Gasteiger partial charge in [0.25, 0.3) is 0 Å². The molecule has 0 aliphatic carbocycles. The third-order valence-electron chi connectivity index (χ3n) is 3.60. The number of benzene rings is 2. The Kier molecular flexibility index (Phi) is 3.92. The summed E-state index contributed by atoms with van der Waals surface area (Å²) in [5.74, 6) is 0. The lowest BCUT2D eigenvalue weighted by Gasteiger charge is -2.23. The van der Waals surface area contributed by atoms with Crippen LogP contribution in [0.2, 0.25) is 0 Å². The maximum atomic E-state index is 5.47. The van der Waals surface area contributed by atoms with Crippen LogP contribution in [0.1, 0.15) is 23.6 Å². The van der Waals surface area contributed by atoms with Gasteiger partial charge in [-0.15, -0.1) is 0 Å². The van der Waals surface area contributed by atoms with Gasteiger partial charge in [0.2, 0.25) is 0 Å². The summed E-state index contributed by atoms with van der Waals surface area (Å²) in [6.07, 6.45) is 1.09. The fraction of sp³-hybridized carbons (Fsp3) is 0.294. The third-order valence-corrected chi connectivity index (χ3v) is 3.60. The Morgan fingerprint density at radius 3 is 1.95 bits per heavy atom. The van der Waals surface area contributed by atoms with Crippen LogP contribution in [0, 0.1) is 0 Å². The topological polar surface area (TPSA) is 21.3 Å². The van der Waals surface area contributed by atoms with Crippen molar-refractivity contribution in [3.05, 3.63) is 71.8 Å². The van der Waals surface area contributed by atoms with Crippen molar-refractivity contribution in [3.8, 4) is 0 Å². The number of rotatable bonds is 4. The molecule has 2 aromatic carbocycles. The van der Waals surface area contributed by atoms with Crippen molar-refractivity contribution in [2.45, 2.75) is 18.5 Å². The maximum Gasteiger partial charge on any atom is 0.0620 e. The maximum absolute atomic E-state index is 5.47. The van der Waals surface area contributed by atoms with Crippen LogP contribution in [0.5, 0.6) is 0 Å². The van der Waals surface area contributed by atoms with Crippen LogP contribution in [0.4, 0.5) is 0 Å². The van der Waals surface area contributed by atoms with Gasteiger partial charge in [-0.05, 0) is 17.5 Å². The lowest BCUT2D eigenvalue weighted by atomic mass is 9.97. The van der Waals surface area contributed by atoms with E-state index in [9.17, 15) is 0 Å². The molecule has 0 radical (unpaired) electrons. The average Bonchev–Trinajstić information content (AvgIpc) is 3.00. The second kappa shape index (κ2) is 6.00. The number of ether oxygens (including phenoxy) is 1. The minimum atomic E-state index is 0.245. The molecule has 1 atom stereocenters. The highest BCUT2D eigenvalue weighted by Crippen LogP contribution is 2.23. The van der Waals surface area contributed by atoms with Crippen LogP contribution in [0.15, 0.2) is 60.7 Å². The van der Waals surface area contributed by atoms with E-state index in [2.05, 4.69) is 66.0 Å². The zero-order chi connectivity index (χ0) is 12.9. The molecule has 0 saturated carbocycles. The van der Waals surface area contributed by atoms with Crippen LogP contribution in [-0.2, 0) is 4.74 Å². The summed E-state index contributed by atoms with van der Waals surface area (Å²) >= 11 is 0. The van der Waals surface area contributed by atoms with Gasteiger partial charge in [-0.1, -0.05) is 60.7 Å². The van der Waals surface area contributed by atoms with Gasteiger partial charge in [-0.3, -0.25) is 0 Å². The largest absolute Gasteiger partial charge is 0.380 e. The zero-order valence-corrected chi connectivity index (χ0v) is 11.0. The molecule has 3 rings (SSSR count). The predicted octanol–water partition coefficient (Wildman–Crippen LogP) is 3.15. The second-order valence-corrected chi connectivity index (χ2v) is 4.98. The van der Waals surface area contributed by atoms with Crippen molar-refractivity contribution >= 4 is 0 Å². The monoisotopic (exact) mass is 253 g/mol. The van der Waals surface area contributed by atoms with Crippen LogP contribution < -0.4 is 5.32 Å². The Balaban J connectivity index is 1.87. The minimum Gasteiger partial charge on any atom is -0.380 e. The van der Waals surface area contributed by atoms with Gasteiger partial charge in [0.15, 0.2) is 0 Å².